The van der Waals surface area contributed by atoms with Crippen LogP contribution in [0.4, 0.5) is 0 Å². The van der Waals surface area contributed by atoms with Crippen LogP contribution in [0.25, 0.3) is 0 Å². The summed E-state index contributed by atoms with van der Waals surface area (Å²) in [5.41, 5.74) is 4.80. The van der Waals surface area contributed by atoms with Gasteiger partial charge in [0.1, 0.15) is 6.33 Å². The minimum atomic E-state index is 0.811. The smallest absolute Gasteiger partial charge is 0.161 e. The van der Waals surface area contributed by atoms with Crippen molar-refractivity contribution in [1.29, 1.82) is 0 Å². The van der Waals surface area contributed by atoms with Crippen LogP contribution in [0.3, 0.4) is 0 Å². The fourth-order valence-corrected chi connectivity index (χ4v) is 3.08. The van der Waals surface area contributed by atoms with Gasteiger partial charge in [-0.15, -0.1) is 0 Å². The summed E-state index contributed by atoms with van der Waals surface area (Å²) in [7, 11) is 3.37. The molecule has 0 amide bonds. The maximum Gasteiger partial charge on any atom is 0.161 e. The number of ether oxygens (including phenoxy) is 2. The molecule has 23 heavy (non-hydrogen) atoms. The average molecular weight is 313 g/mol. The standard InChI is InChI=1S/C18H23N3O2/c1-13-8-16(20-12-19-13)11-21-6-4-14-9-17(22-2)18(23-3)10-15(14)5-7-21/h8-10,12H,4-7,11H2,1-3H3. The SMILES string of the molecule is COc1cc2c(cc1OC)CCN(Cc1cc(C)ncn1)CC2. The summed E-state index contributed by atoms with van der Waals surface area (Å²) in [5, 5.41) is 0. The number of benzene rings is 1. The minimum Gasteiger partial charge on any atom is -0.493 e. The lowest BCUT2D eigenvalue weighted by molar-refractivity contribution is 0.275. The molecule has 1 aromatic carbocycles. The predicted octanol–water partition coefficient (Wildman–Crippen LogP) is 2.40. The summed E-state index contributed by atoms with van der Waals surface area (Å²) in [4.78, 5) is 11.0. The highest BCUT2D eigenvalue weighted by Gasteiger charge is 2.17. The number of methoxy groups -OCH3 is 2. The van der Waals surface area contributed by atoms with Crippen LogP contribution in [0.15, 0.2) is 24.5 Å². The van der Waals surface area contributed by atoms with Gasteiger partial charge in [0.15, 0.2) is 11.5 Å². The number of hydrogen-bond acceptors (Lipinski definition) is 5. The van der Waals surface area contributed by atoms with Crippen molar-refractivity contribution in [1.82, 2.24) is 14.9 Å². The van der Waals surface area contributed by atoms with Gasteiger partial charge in [0.25, 0.3) is 0 Å². The van der Waals surface area contributed by atoms with Crippen molar-refractivity contribution in [2.75, 3.05) is 27.3 Å². The van der Waals surface area contributed by atoms with Gasteiger partial charge in [-0.05, 0) is 49.1 Å². The molecule has 0 N–H and O–H groups in total. The van der Waals surface area contributed by atoms with Crippen LogP contribution in [-0.4, -0.2) is 42.2 Å². The number of nitrogens with zero attached hydrogens (tertiary/aromatic N) is 3. The van der Waals surface area contributed by atoms with E-state index in [2.05, 4.69) is 33.1 Å². The Morgan fingerprint density at radius 3 is 2.09 bits per heavy atom. The largest absolute Gasteiger partial charge is 0.493 e. The van der Waals surface area contributed by atoms with Gasteiger partial charge < -0.3 is 9.47 Å². The summed E-state index contributed by atoms with van der Waals surface area (Å²) < 4.78 is 10.8. The lowest BCUT2D eigenvalue weighted by Crippen LogP contribution is -2.26. The second-order valence-electron chi connectivity index (χ2n) is 5.90. The van der Waals surface area contributed by atoms with Crippen molar-refractivity contribution in [3.8, 4) is 11.5 Å². The van der Waals surface area contributed by atoms with Gasteiger partial charge in [0.2, 0.25) is 0 Å². The van der Waals surface area contributed by atoms with Crippen molar-refractivity contribution >= 4 is 0 Å². The molecule has 0 atom stereocenters. The van der Waals surface area contributed by atoms with Crippen LogP contribution in [0.5, 0.6) is 11.5 Å². The van der Waals surface area contributed by atoms with Gasteiger partial charge in [-0.2, -0.15) is 0 Å². The third kappa shape index (κ3) is 3.62. The first-order valence-corrected chi connectivity index (χ1v) is 7.93. The van der Waals surface area contributed by atoms with Gasteiger partial charge >= 0.3 is 0 Å². The highest BCUT2D eigenvalue weighted by molar-refractivity contribution is 5.48. The molecular weight excluding hydrogens is 290 g/mol. The van der Waals surface area contributed by atoms with Gasteiger partial charge in [0.05, 0.1) is 19.9 Å². The Labute approximate surface area is 137 Å². The second-order valence-corrected chi connectivity index (χ2v) is 5.90. The van der Waals surface area contributed by atoms with E-state index in [1.165, 1.54) is 11.1 Å². The quantitative estimate of drug-likeness (QED) is 0.867. The molecule has 0 bridgehead atoms. The lowest BCUT2D eigenvalue weighted by atomic mass is 10.0. The molecule has 0 saturated carbocycles. The Bertz CT molecular complexity index is 653. The first kappa shape index (κ1) is 15.7. The van der Waals surface area contributed by atoms with Crippen LogP contribution in [0, 0.1) is 6.92 Å². The van der Waals surface area contributed by atoms with Crippen LogP contribution in [0.2, 0.25) is 0 Å². The third-order valence-corrected chi connectivity index (χ3v) is 4.35. The number of rotatable bonds is 4. The molecule has 122 valence electrons. The molecule has 5 heteroatoms. The average Bonchev–Trinajstić information content (AvgIpc) is 2.75. The van der Waals surface area contributed by atoms with Gasteiger partial charge in [-0.1, -0.05) is 0 Å². The van der Waals surface area contributed by atoms with E-state index in [0.29, 0.717) is 0 Å². The number of hydrogen-bond donors (Lipinski definition) is 0. The molecule has 0 saturated heterocycles. The molecule has 5 nitrogen and oxygen atoms in total. The molecule has 1 aliphatic rings. The van der Waals surface area contributed by atoms with Crippen molar-refractivity contribution < 1.29 is 9.47 Å². The first-order valence-electron chi connectivity index (χ1n) is 7.93. The molecule has 1 aliphatic heterocycles. The van der Waals surface area contributed by atoms with E-state index in [9.17, 15) is 0 Å². The predicted molar refractivity (Wildman–Crippen MR) is 89.0 cm³/mol. The second kappa shape index (κ2) is 6.96. The Hall–Kier alpha value is -2.14. The zero-order valence-corrected chi connectivity index (χ0v) is 14.0. The van der Waals surface area contributed by atoms with E-state index in [-0.39, 0.29) is 0 Å². The molecule has 2 heterocycles. The topological polar surface area (TPSA) is 47.5 Å². The maximum atomic E-state index is 5.42. The molecule has 0 radical (unpaired) electrons. The zero-order chi connectivity index (χ0) is 16.2. The van der Waals surface area contributed by atoms with Gasteiger partial charge in [-0.3, -0.25) is 4.90 Å². The summed E-state index contributed by atoms with van der Waals surface area (Å²) in [6.45, 7) is 4.91. The van der Waals surface area contributed by atoms with Gasteiger partial charge in [-0.25, -0.2) is 9.97 Å². The van der Waals surface area contributed by atoms with Crippen LogP contribution < -0.4 is 9.47 Å². The normalized spacial score (nSPS) is 14.9. The van der Waals surface area contributed by atoms with Gasteiger partial charge in [0, 0.05) is 25.3 Å². The zero-order valence-electron chi connectivity index (χ0n) is 14.0. The molecule has 0 unspecified atom stereocenters. The van der Waals surface area contributed by atoms with Crippen LogP contribution in [-0.2, 0) is 19.4 Å². The van der Waals surface area contributed by atoms with E-state index in [0.717, 1.165) is 55.4 Å². The number of fused-ring (bicyclic) bond motifs is 1. The fraction of sp³-hybridized carbons (Fsp3) is 0.444. The maximum absolute atomic E-state index is 5.42. The third-order valence-electron chi connectivity index (χ3n) is 4.35. The molecule has 0 aliphatic carbocycles. The Morgan fingerprint density at radius 1 is 0.957 bits per heavy atom. The fourth-order valence-electron chi connectivity index (χ4n) is 3.08. The lowest BCUT2D eigenvalue weighted by Gasteiger charge is -2.19. The van der Waals surface area contributed by atoms with Crippen LogP contribution in [0.1, 0.15) is 22.5 Å². The van der Waals surface area contributed by atoms with Crippen LogP contribution >= 0.6 is 0 Å². The highest BCUT2D eigenvalue weighted by atomic mass is 16.5. The van der Waals surface area contributed by atoms with Crippen molar-refractivity contribution in [3.63, 3.8) is 0 Å². The van der Waals surface area contributed by atoms with E-state index >= 15 is 0 Å². The summed E-state index contributed by atoms with van der Waals surface area (Å²) in [6, 6.07) is 6.29. The van der Waals surface area contributed by atoms with Crippen molar-refractivity contribution in [3.05, 3.63) is 47.0 Å². The number of aromatic nitrogens is 2. The number of aryl methyl sites for hydroxylation is 1. The van der Waals surface area contributed by atoms with E-state index in [1.807, 2.05) is 6.92 Å². The molecule has 0 fully saturated rings. The molecule has 2 aromatic rings. The van der Waals surface area contributed by atoms with E-state index < -0.39 is 0 Å². The molecule has 3 rings (SSSR count). The Morgan fingerprint density at radius 2 is 1.57 bits per heavy atom. The Kier molecular flexibility index (Phi) is 4.76. The summed E-state index contributed by atoms with van der Waals surface area (Å²) >= 11 is 0. The summed E-state index contributed by atoms with van der Waals surface area (Å²) in [5.74, 6) is 1.62. The molecular formula is C18H23N3O2. The first-order chi connectivity index (χ1) is 11.2. The monoisotopic (exact) mass is 313 g/mol. The molecule has 1 aromatic heterocycles. The van der Waals surface area contributed by atoms with Crippen molar-refractivity contribution in [2.24, 2.45) is 0 Å². The van der Waals surface area contributed by atoms with Crippen molar-refractivity contribution in [2.45, 2.75) is 26.3 Å². The highest BCUT2D eigenvalue weighted by Crippen LogP contribution is 2.32. The summed E-state index contributed by atoms with van der Waals surface area (Å²) in [6.07, 6.45) is 3.67. The minimum absolute atomic E-state index is 0.811. The molecule has 0 spiro atoms. The Balaban J connectivity index is 1.74. The van der Waals surface area contributed by atoms with E-state index in [1.54, 1.807) is 20.5 Å². The van der Waals surface area contributed by atoms with E-state index in [4.69, 9.17) is 9.47 Å².